The van der Waals surface area contributed by atoms with Gasteiger partial charge in [-0.2, -0.15) is 5.10 Å². The van der Waals surface area contributed by atoms with Crippen LogP contribution in [0.5, 0.6) is 0 Å². The summed E-state index contributed by atoms with van der Waals surface area (Å²) in [5.41, 5.74) is 2.45. The molecular weight excluding hydrogens is 282 g/mol. The molecule has 1 unspecified atom stereocenters. The lowest BCUT2D eigenvalue weighted by molar-refractivity contribution is 0.0766. The zero-order chi connectivity index (χ0) is 15.7. The van der Waals surface area contributed by atoms with E-state index in [1.54, 1.807) is 24.3 Å². The number of aliphatic hydroxyl groups excluding tert-OH is 1. The molecule has 1 N–H and O–H groups in total. The molecule has 0 aliphatic heterocycles. The Kier molecular flexibility index (Phi) is 4.02. The first kappa shape index (κ1) is 14.8. The number of aliphatic hydroxyl groups is 1. The third-order valence-corrected chi connectivity index (χ3v) is 4.14. The van der Waals surface area contributed by atoms with Crippen LogP contribution in [0.25, 0.3) is 0 Å². The molecule has 118 valence electrons. The number of hydrogen-bond donors (Lipinski definition) is 1. The molecule has 1 aliphatic rings. The summed E-state index contributed by atoms with van der Waals surface area (Å²) in [6.45, 7) is 3.15. The molecule has 0 bridgehead atoms. The summed E-state index contributed by atoms with van der Waals surface area (Å²) in [7, 11) is 1.74. The van der Waals surface area contributed by atoms with E-state index in [1.165, 1.54) is 0 Å². The van der Waals surface area contributed by atoms with E-state index in [2.05, 4.69) is 5.10 Å². The van der Waals surface area contributed by atoms with Gasteiger partial charge in [0.1, 0.15) is 5.76 Å². The number of carbonyl (C=O) groups is 1. The van der Waals surface area contributed by atoms with Gasteiger partial charge in [-0.15, -0.1) is 0 Å². The van der Waals surface area contributed by atoms with E-state index in [-0.39, 0.29) is 12.0 Å². The molecule has 1 amide bonds. The number of aryl methyl sites for hydroxylation is 1. The van der Waals surface area contributed by atoms with E-state index >= 15 is 0 Å². The van der Waals surface area contributed by atoms with Gasteiger partial charge < -0.3 is 14.4 Å². The van der Waals surface area contributed by atoms with Gasteiger partial charge in [0.2, 0.25) is 0 Å². The first-order valence-electron chi connectivity index (χ1n) is 7.64. The average molecular weight is 303 g/mol. The van der Waals surface area contributed by atoms with E-state index < -0.39 is 0 Å². The van der Waals surface area contributed by atoms with Crippen molar-refractivity contribution in [3.05, 3.63) is 41.1 Å². The van der Waals surface area contributed by atoms with Gasteiger partial charge in [-0.1, -0.05) is 0 Å². The molecule has 0 radical (unpaired) electrons. The Hall–Kier alpha value is -2.08. The van der Waals surface area contributed by atoms with Gasteiger partial charge in [-0.3, -0.25) is 9.48 Å². The van der Waals surface area contributed by atoms with E-state index in [0.717, 1.165) is 36.4 Å². The van der Waals surface area contributed by atoms with Crippen molar-refractivity contribution in [1.82, 2.24) is 14.7 Å². The average Bonchev–Trinajstić information content (AvgIpc) is 3.13. The number of hydrogen-bond acceptors (Lipinski definition) is 4. The largest absolute Gasteiger partial charge is 0.467 e. The van der Waals surface area contributed by atoms with Crippen molar-refractivity contribution in [1.29, 1.82) is 0 Å². The molecule has 0 saturated carbocycles. The van der Waals surface area contributed by atoms with Crippen molar-refractivity contribution >= 4 is 5.91 Å². The van der Waals surface area contributed by atoms with Crippen molar-refractivity contribution in [2.24, 2.45) is 0 Å². The topological polar surface area (TPSA) is 71.5 Å². The summed E-state index contributed by atoms with van der Waals surface area (Å²) in [4.78, 5) is 14.3. The number of furan rings is 1. The molecule has 2 heterocycles. The molecule has 6 nitrogen and oxygen atoms in total. The minimum atomic E-state index is -0.385. The first-order chi connectivity index (χ1) is 10.6. The Bertz CT molecular complexity index is 660. The molecule has 0 aromatic carbocycles. The number of fused-ring (bicyclic) bond motifs is 1. The van der Waals surface area contributed by atoms with E-state index in [1.807, 2.05) is 17.7 Å². The van der Waals surface area contributed by atoms with Crippen LogP contribution in [0, 0.1) is 0 Å². The summed E-state index contributed by atoms with van der Waals surface area (Å²) in [5, 5.41) is 14.4. The summed E-state index contributed by atoms with van der Waals surface area (Å²) in [5.74, 6) is 0.605. The molecule has 0 saturated heterocycles. The van der Waals surface area contributed by atoms with Gasteiger partial charge in [0, 0.05) is 31.3 Å². The van der Waals surface area contributed by atoms with Crippen LogP contribution in [-0.4, -0.2) is 38.8 Å². The summed E-state index contributed by atoms with van der Waals surface area (Å²) in [6.07, 6.45) is 3.22. The summed E-state index contributed by atoms with van der Waals surface area (Å²) in [6, 6.07) is 3.64. The highest BCUT2D eigenvalue weighted by molar-refractivity contribution is 5.94. The SMILES string of the molecule is CCn1nc(C(=O)N(C)Cc2ccco2)c2c1CCC(O)C2. The predicted molar refractivity (Wildman–Crippen MR) is 80.4 cm³/mol. The summed E-state index contributed by atoms with van der Waals surface area (Å²) >= 11 is 0. The molecule has 2 aromatic heterocycles. The normalized spacial score (nSPS) is 17.3. The molecule has 2 aromatic rings. The molecule has 6 heteroatoms. The van der Waals surface area contributed by atoms with E-state index in [4.69, 9.17) is 4.42 Å². The third-order valence-electron chi connectivity index (χ3n) is 4.14. The van der Waals surface area contributed by atoms with Crippen molar-refractivity contribution < 1.29 is 14.3 Å². The van der Waals surface area contributed by atoms with Crippen LogP contribution >= 0.6 is 0 Å². The quantitative estimate of drug-likeness (QED) is 0.931. The van der Waals surface area contributed by atoms with Gasteiger partial charge in [0.15, 0.2) is 5.69 Å². The van der Waals surface area contributed by atoms with E-state index in [0.29, 0.717) is 18.7 Å². The van der Waals surface area contributed by atoms with E-state index in [9.17, 15) is 9.90 Å². The zero-order valence-corrected chi connectivity index (χ0v) is 13.0. The van der Waals surface area contributed by atoms with Crippen molar-refractivity contribution in [3.8, 4) is 0 Å². The molecule has 3 rings (SSSR count). The number of carbonyl (C=O) groups excluding carboxylic acids is 1. The second kappa shape index (κ2) is 5.96. The van der Waals surface area contributed by atoms with Crippen LogP contribution in [-0.2, 0) is 25.9 Å². The third kappa shape index (κ3) is 2.66. The monoisotopic (exact) mass is 303 g/mol. The fourth-order valence-corrected chi connectivity index (χ4v) is 2.99. The van der Waals surface area contributed by atoms with Crippen LogP contribution in [0.15, 0.2) is 22.8 Å². The molecule has 0 fully saturated rings. The van der Waals surface area contributed by atoms with Crippen LogP contribution in [0.4, 0.5) is 0 Å². The number of aromatic nitrogens is 2. The van der Waals surface area contributed by atoms with Crippen LogP contribution in [0.3, 0.4) is 0 Å². The number of rotatable bonds is 4. The minimum absolute atomic E-state index is 0.131. The number of nitrogens with zero attached hydrogens (tertiary/aromatic N) is 3. The highest BCUT2D eigenvalue weighted by Crippen LogP contribution is 2.26. The molecular formula is C16H21N3O3. The van der Waals surface area contributed by atoms with Gasteiger partial charge in [-0.05, 0) is 31.9 Å². The lowest BCUT2D eigenvalue weighted by atomic mass is 9.93. The fraction of sp³-hybridized carbons (Fsp3) is 0.500. The lowest BCUT2D eigenvalue weighted by Gasteiger charge is -2.20. The van der Waals surface area contributed by atoms with Crippen molar-refractivity contribution in [3.63, 3.8) is 0 Å². The van der Waals surface area contributed by atoms with Gasteiger partial charge in [0.05, 0.1) is 18.9 Å². The van der Waals surface area contributed by atoms with Gasteiger partial charge in [0.25, 0.3) is 5.91 Å². The maximum Gasteiger partial charge on any atom is 0.274 e. The minimum Gasteiger partial charge on any atom is -0.467 e. The van der Waals surface area contributed by atoms with Crippen LogP contribution in [0.1, 0.15) is 40.9 Å². The Labute approximate surface area is 129 Å². The molecule has 1 aliphatic carbocycles. The second-order valence-corrected chi connectivity index (χ2v) is 5.73. The Balaban J connectivity index is 1.87. The molecule has 22 heavy (non-hydrogen) atoms. The maximum atomic E-state index is 12.7. The Morgan fingerprint density at radius 1 is 1.59 bits per heavy atom. The van der Waals surface area contributed by atoms with Crippen molar-refractivity contribution in [2.75, 3.05) is 7.05 Å². The standard InChI is InChI=1S/C16H21N3O3/c1-3-19-14-7-6-11(20)9-13(14)15(17-19)16(21)18(2)10-12-5-4-8-22-12/h4-5,8,11,20H,3,6-7,9-10H2,1-2H3. The highest BCUT2D eigenvalue weighted by atomic mass is 16.3. The lowest BCUT2D eigenvalue weighted by Crippen LogP contribution is -2.28. The Morgan fingerprint density at radius 3 is 3.09 bits per heavy atom. The second-order valence-electron chi connectivity index (χ2n) is 5.73. The molecule has 1 atom stereocenters. The fourth-order valence-electron chi connectivity index (χ4n) is 2.99. The van der Waals surface area contributed by atoms with Crippen LogP contribution < -0.4 is 0 Å². The maximum absolute atomic E-state index is 12.7. The first-order valence-corrected chi connectivity index (χ1v) is 7.64. The molecule has 0 spiro atoms. The number of amides is 1. The highest BCUT2D eigenvalue weighted by Gasteiger charge is 2.29. The zero-order valence-electron chi connectivity index (χ0n) is 13.0. The smallest absolute Gasteiger partial charge is 0.274 e. The predicted octanol–water partition coefficient (Wildman–Crippen LogP) is 1.62. The Morgan fingerprint density at radius 2 is 2.41 bits per heavy atom. The van der Waals surface area contributed by atoms with Gasteiger partial charge >= 0.3 is 0 Å². The van der Waals surface area contributed by atoms with Crippen LogP contribution in [0.2, 0.25) is 0 Å². The van der Waals surface area contributed by atoms with Crippen molar-refractivity contribution in [2.45, 2.75) is 45.4 Å². The van der Waals surface area contributed by atoms with Gasteiger partial charge in [-0.25, -0.2) is 0 Å². The summed E-state index contributed by atoms with van der Waals surface area (Å²) < 4.78 is 7.17.